The van der Waals surface area contributed by atoms with Gasteiger partial charge in [0.2, 0.25) is 0 Å². The van der Waals surface area contributed by atoms with Crippen molar-refractivity contribution >= 4 is 22.8 Å². The summed E-state index contributed by atoms with van der Waals surface area (Å²) < 4.78 is 4.51. The van der Waals surface area contributed by atoms with E-state index >= 15 is 0 Å². The number of benzene rings is 2. The Hall–Kier alpha value is -3.38. The van der Waals surface area contributed by atoms with Gasteiger partial charge < -0.3 is 0 Å². The molecule has 0 saturated heterocycles. The van der Waals surface area contributed by atoms with E-state index in [9.17, 15) is 9.59 Å². The molecule has 2 heterocycles. The number of hydrogen-bond acceptors (Lipinski definition) is 3. The lowest BCUT2D eigenvalue weighted by Crippen LogP contribution is -2.39. The lowest BCUT2D eigenvalue weighted by Gasteiger charge is -2.12. The van der Waals surface area contributed by atoms with E-state index in [1.165, 1.54) is 7.05 Å². The molecule has 0 unspecified atom stereocenters. The minimum absolute atomic E-state index is 0.352. The predicted molar refractivity (Wildman–Crippen MR) is 125 cm³/mol. The van der Waals surface area contributed by atoms with Crippen LogP contribution in [0.2, 0.25) is 5.02 Å². The monoisotopic (exact) mass is 434 g/mol. The van der Waals surface area contributed by atoms with Gasteiger partial charge in [0.05, 0.1) is 0 Å². The van der Waals surface area contributed by atoms with Crippen LogP contribution in [0.5, 0.6) is 0 Å². The van der Waals surface area contributed by atoms with Crippen LogP contribution in [0.1, 0.15) is 19.4 Å². The summed E-state index contributed by atoms with van der Waals surface area (Å²) in [5.74, 6) is 0.602. The van der Waals surface area contributed by atoms with Crippen LogP contribution >= 0.6 is 11.6 Å². The van der Waals surface area contributed by atoms with Gasteiger partial charge in [-0.05, 0) is 50.6 Å². The SMILES string of the molecule is C/C=C(\C)Cn1c(=O)n(C)c(=O)c2c1nc(-c1ccccc1C)n2-c1ccc(Cl)cc1. The molecule has 2 aromatic heterocycles. The summed E-state index contributed by atoms with van der Waals surface area (Å²) in [6.45, 7) is 6.22. The molecule has 0 aliphatic heterocycles. The zero-order valence-corrected chi connectivity index (χ0v) is 18.6. The van der Waals surface area contributed by atoms with Gasteiger partial charge in [-0.2, -0.15) is 0 Å². The summed E-state index contributed by atoms with van der Waals surface area (Å²) in [6, 6.07) is 15.1. The number of nitrogens with zero attached hydrogens (tertiary/aromatic N) is 4. The van der Waals surface area contributed by atoms with Crippen LogP contribution in [0.15, 0.2) is 69.8 Å². The van der Waals surface area contributed by atoms with E-state index in [1.807, 2.05) is 67.8 Å². The molecule has 4 rings (SSSR count). The highest BCUT2D eigenvalue weighted by molar-refractivity contribution is 6.30. The largest absolute Gasteiger partial charge is 0.332 e. The Morgan fingerprint density at radius 1 is 1.10 bits per heavy atom. The highest BCUT2D eigenvalue weighted by Crippen LogP contribution is 2.29. The summed E-state index contributed by atoms with van der Waals surface area (Å²) in [4.78, 5) is 31.1. The number of aromatic nitrogens is 4. The normalized spacial score (nSPS) is 12.0. The molecule has 0 spiro atoms. The third-order valence-corrected chi connectivity index (χ3v) is 5.76. The Labute approximate surface area is 184 Å². The molecular formula is C24H23ClN4O2. The van der Waals surface area contributed by atoms with E-state index in [2.05, 4.69) is 0 Å². The topological polar surface area (TPSA) is 61.8 Å². The maximum atomic E-state index is 13.3. The summed E-state index contributed by atoms with van der Waals surface area (Å²) in [7, 11) is 1.50. The molecule has 31 heavy (non-hydrogen) atoms. The zero-order chi connectivity index (χ0) is 22.3. The average Bonchev–Trinajstić information content (AvgIpc) is 3.16. The van der Waals surface area contributed by atoms with Crippen molar-refractivity contribution in [2.75, 3.05) is 0 Å². The van der Waals surface area contributed by atoms with Gasteiger partial charge in [0.1, 0.15) is 5.82 Å². The van der Waals surface area contributed by atoms with Crippen molar-refractivity contribution < 1.29 is 0 Å². The fourth-order valence-electron chi connectivity index (χ4n) is 3.64. The maximum absolute atomic E-state index is 13.3. The molecule has 0 aliphatic carbocycles. The van der Waals surface area contributed by atoms with Crippen LogP contribution in [0.25, 0.3) is 28.2 Å². The minimum Gasteiger partial charge on any atom is -0.286 e. The van der Waals surface area contributed by atoms with Crippen LogP contribution in [0.3, 0.4) is 0 Å². The lowest BCUT2D eigenvalue weighted by molar-refractivity contribution is 0.662. The van der Waals surface area contributed by atoms with Gasteiger partial charge >= 0.3 is 5.69 Å². The van der Waals surface area contributed by atoms with E-state index in [1.54, 1.807) is 16.7 Å². The molecule has 4 aromatic rings. The molecule has 0 atom stereocenters. The summed E-state index contributed by atoms with van der Waals surface area (Å²) in [5.41, 5.74) is 3.58. The summed E-state index contributed by atoms with van der Waals surface area (Å²) >= 11 is 6.11. The smallest absolute Gasteiger partial charge is 0.286 e. The van der Waals surface area contributed by atoms with Crippen molar-refractivity contribution in [1.82, 2.24) is 18.7 Å². The number of rotatable bonds is 4. The number of aryl methyl sites for hydroxylation is 1. The molecule has 0 amide bonds. The van der Waals surface area contributed by atoms with E-state index < -0.39 is 11.2 Å². The highest BCUT2D eigenvalue weighted by Gasteiger charge is 2.23. The third-order valence-electron chi connectivity index (χ3n) is 5.51. The molecule has 0 N–H and O–H groups in total. The van der Waals surface area contributed by atoms with Crippen molar-refractivity contribution in [3.63, 3.8) is 0 Å². The first-order chi connectivity index (χ1) is 14.8. The maximum Gasteiger partial charge on any atom is 0.332 e. The fourth-order valence-corrected chi connectivity index (χ4v) is 3.76. The van der Waals surface area contributed by atoms with Gasteiger partial charge in [0.25, 0.3) is 5.56 Å². The zero-order valence-electron chi connectivity index (χ0n) is 17.9. The van der Waals surface area contributed by atoms with Gasteiger partial charge in [-0.3, -0.25) is 18.5 Å². The Kier molecular flexibility index (Phi) is 5.41. The molecule has 0 fully saturated rings. The molecule has 2 aromatic carbocycles. The van der Waals surface area contributed by atoms with Gasteiger partial charge in [-0.15, -0.1) is 0 Å². The van der Waals surface area contributed by atoms with E-state index in [0.29, 0.717) is 28.6 Å². The third kappa shape index (κ3) is 3.53. The molecule has 158 valence electrons. The number of allylic oxidation sites excluding steroid dienone is 2. The second-order valence-electron chi connectivity index (χ2n) is 7.60. The van der Waals surface area contributed by atoms with Crippen molar-refractivity contribution in [3.05, 3.63) is 91.6 Å². The van der Waals surface area contributed by atoms with Gasteiger partial charge in [0.15, 0.2) is 11.2 Å². The second-order valence-corrected chi connectivity index (χ2v) is 8.04. The minimum atomic E-state index is -0.393. The van der Waals surface area contributed by atoms with Crippen molar-refractivity contribution in [3.8, 4) is 17.1 Å². The molecular weight excluding hydrogens is 412 g/mol. The Morgan fingerprint density at radius 3 is 2.42 bits per heavy atom. The second kappa shape index (κ2) is 8.04. The highest BCUT2D eigenvalue weighted by atomic mass is 35.5. The quantitative estimate of drug-likeness (QED) is 0.445. The van der Waals surface area contributed by atoms with E-state index in [4.69, 9.17) is 16.6 Å². The molecule has 0 radical (unpaired) electrons. The Balaban J connectivity index is 2.20. The van der Waals surface area contributed by atoms with Crippen LogP contribution in [-0.4, -0.2) is 18.7 Å². The van der Waals surface area contributed by atoms with Gasteiger partial charge in [-0.1, -0.05) is 47.5 Å². The first-order valence-electron chi connectivity index (χ1n) is 9.99. The van der Waals surface area contributed by atoms with E-state index in [0.717, 1.165) is 27.0 Å². The molecule has 0 bridgehead atoms. The van der Waals surface area contributed by atoms with Crippen molar-refractivity contribution in [2.24, 2.45) is 7.05 Å². The van der Waals surface area contributed by atoms with Crippen LogP contribution in [0.4, 0.5) is 0 Å². The Morgan fingerprint density at radius 2 is 1.77 bits per heavy atom. The van der Waals surface area contributed by atoms with E-state index in [-0.39, 0.29) is 0 Å². The van der Waals surface area contributed by atoms with Gasteiger partial charge in [-0.25, -0.2) is 9.78 Å². The van der Waals surface area contributed by atoms with Crippen LogP contribution in [0, 0.1) is 6.92 Å². The summed E-state index contributed by atoms with van der Waals surface area (Å²) in [5, 5.41) is 0.596. The molecule has 6 nitrogen and oxygen atoms in total. The standard InChI is InChI=1S/C24H23ClN4O2/c1-5-15(2)14-28-22-20(23(30)27(4)24(28)31)29(18-12-10-17(25)11-13-18)21(26-22)19-9-7-6-8-16(19)3/h5-13H,14H2,1-4H3/b15-5+. The fraction of sp³-hybridized carbons (Fsp3) is 0.208. The first-order valence-corrected chi connectivity index (χ1v) is 10.4. The molecule has 7 heteroatoms. The molecule has 0 saturated carbocycles. The number of hydrogen-bond donors (Lipinski definition) is 0. The lowest BCUT2D eigenvalue weighted by atomic mass is 10.1. The molecule has 0 aliphatic rings. The van der Waals surface area contributed by atoms with Gasteiger partial charge in [0, 0.05) is 29.9 Å². The van der Waals surface area contributed by atoms with Crippen molar-refractivity contribution in [2.45, 2.75) is 27.3 Å². The first kappa shape index (κ1) is 20.9. The van der Waals surface area contributed by atoms with Crippen LogP contribution in [-0.2, 0) is 13.6 Å². The number of halogens is 1. The Bertz CT molecular complexity index is 1440. The summed E-state index contributed by atoms with van der Waals surface area (Å²) in [6.07, 6.45) is 1.95. The average molecular weight is 435 g/mol. The van der Waals surface area contributed by atoms with Crippen LogP contribution < -0.4 is 11.2 Å². The van der Waals surface area contributed by atoms with Crippen molar-refractivity contribution in [1.29, 1.82) is 0 Å². The number of imidazole rings is 1. The predicted octanol–water partition coefficient (Wildman–Crippen LogP) is 4.48. The number of fused-ring (bicyclic) bond motifs is 1.